The second-order valence-electron chi connectivity index (χ2n) is 5.96. The molecule has 0 N–H and O–H groups in total. The van der Waals surface area contributed by atoms with Gasteiger partial charge in [-0.15, -0.1) is 20.4 Å². The molecule has 0 unspecified atom stereocenters. The van der Waals surface area contributed by atoms with Crippen LogP contribution in [0.5, 0.6) is 0 Å². The lowest BCUT2D eigenvalue weighted by Crippen LogP contribution is -2.09. The van der Waals surface area contributed by atoms with Gasteiger partial charge < -0.3 is 0 Å². The Balaban J connectivity index is 1.79. The zero-order valence-electron chi connectivity index (χ0n) is 14.8. The predicted molar refractivity (Wildman–Crippen MR) is 97.9 cm³/mol. The van der Waals surface area contributed by atoms with Crippen molar-refractivity contribution in [2.45, 2.75) is 16.4 Å². The maximum absolute atomic E-state index is 14.5. The third-order valence-electron chi connectivity index (χ3n) is 3.94. The minimum atomic E-state index is -4.62. The van der Waals surface area contributed by atoms with Gasteiger partial charge in [0.2, 0.25) is 5.16 Å². The first-order chi connectivity index (χ1) is 14.3. The van der Waals surface area contributed by atoms with Crippen molar-refractivity contribution in [3.63, 3.8) is 0 Å². The van der Waals surface area contributed by atoms with Gasteiger partial charge in [-0.3, -0.25) is 4.57 Å². The maximum Gasteiger partial charge on any atom is 0.435 e. The average Bonchev–Trinajstić information content (AvgIpc) is 3.12. The van der Waals surface area contributed by atoms with Gasteiger partial charge in [0.15, 0.2) is 11.5 Å². The molecule has 4 rings (SSSR count). The summed E-state index contributed by atoms with van der Waals surface area (Å²) in [5, 5.41) is 15.0. The van der Waals surface area contributed by atoms with Gasteiger partial charge in [0.25, 0.3) is 0 Å². The Labute approximate surface area is 170 Å². The highest BCUT2D eigenvalue weighted by molar-refractivity contribution is 7.99. The Morgan fingerprint density at radius 3 is 2.20 bits per heavy atom. The molecule has 0 aliphatic carbocycles. The molecule has 0 radical (unpaired) electrons. The van der Waals surface area contributed by atoms with E-state index in [9.17, 15) is 22.0 Å². The summed E-state index contributed by atoms with van der Waals surface area (Å²) in [6.45, 7) is 0. The molecule has 0 aliphatic heterocycles. The summed E-state index contributed by atoms with van der Waals surface area (Å²) < 4.78 is 67.3. The molecule has 0 saturated carbocycles. The molecule has 0 atom stereocenters. The van der Waals surface area contributed by atoms with Crippen LogP contribution < -0.4 is 0 Å². The number of hydrogen-bond acceptors (Lipinski definition) is 5. The number of aromatic nitrogens is 5. The molecule has 11 heteroatoms. The minimum Gasteiger partial charge on any atom is -0.267 e. The van der Waals surface area contributed by atoms with E-state index in [-0.39, 0.29) is 21.7 Å². The fourth-order valence-corrected chi connectivity index (χ4v) is 3.37. The van der Waals surface area contributed by atoms with Gasteiger partial charge >= 0.3 is 6.18 Å². The van der Waals surface area contributed by atoms with Gasteiger partial charge in [-0.25, -0.2) is 8.78 Å². The lowest BCUT2D eigenvalue weighted by atomic mass is 10.2. The molecular formula is C19H10F5N5S. The van der Waals surface area contributed by atoms with Gasteiger partial charge in [0, 0.05) is 11.6 Å². The van der Waals surface area contributed by atoms with Gasteiger partial charge in [-0.05, 0) is 36.0 Å². The Bertz CT molecular complexity index is 1180. The van der Waals surface area contributed by atoms with E-state index in [0.29, 0.717) is 5.56 Å². The SMILES string of the molecule is Fc1ccc(-n2c(Sc3ccc(C(F)(F)F)nn3)nnc2-c2ccccc2)c(F)c1. The van der Waals surface area contributed by atoms with Gasteiger partial charge in [0.1, 0.15) is 16.7 Å². The fourth-order valence-electron chi connectivity index (χ4n) is 2.61. The van der Waals surface area contributed by atoms with E-state index < -0.39 is 23.5 Å². The van der Waals surface area contributed by atoms with E-state index in [2.05, 4.69) is 20.4 Å². The van der Waals surface area contributed by atoms with Crippen molar-refractivity contribution in [1.82, 2.24) is 25.0 Å². The first kappa shape index (κ1) is 20.0. The van der Waals surface area contributed by atoms with Crippen LogP contribution in [0.2, 0.25) is 0 Å². The molecule has 152 valence electrons. The zero-order chi connectivity index (χ0) is 21.3. The van der Waals surface area contributed by atoms with Gasteiger partial charge in [-0.2, -0.15) is 13.2 Å². The number of hydrogen-bond donors (Lipinski definition) is 0. The minimum absolute atomic E-state index is 0.0253. The second-order valence-corrected chi connectivity index (χ2v) is 6.95. The van der Waals surface area contributed by atoms with Crippen molar-refractivity contribution >= 4 is 11.8 Å². The predicted octanol–water partition coefficient (Wildman–Crippen LogP) is 5.17. The monoisotopic (exact) mass is 435 g/mol. The van der Waals surface area contributed by atoms with Crippen molar-refractivity contribution in [2.24, 2.45) is 0 Å². The van der Waals surface area contributed by atoms with Crippen molar-refractivity contribution < 1.29 is 22.0 Å². The van der Waals surface area contributed by atoms with E-state index in [1.54, 1.807) is 30.3 Å². The molecule has 30 heavy (non-hydrogen) atoms. The normalized spacial score (nSPS) is 11.6. The zero-order valence-corrected chi connectivity index (χ0v) is 15.6. The van der Waals surface area contributed by atoms with E-state index in [4.69, 9.17) is 0 Å². The van der Waals surface area contributed by atoms with Crippen LogP contribution in [0, 0.1) is 11.6 Å². The molecule has 5 nitrogen and oxygen atoms in total. The topological polar surface area (TPSA) is 56.5 Å². The Kier molecular flexibility index (Phi) is 5.20. The summed E-state index contributed by atoms with van der Waals surface area (Å²) in [4.78, 5) is 0. The summed E-state index contributed by atoms with van der Waals surface area (Å²) >= 11 is 0.845. The summed E-state index contributed by atoms with van der Waals surface area (Å²) in [5.74, 6) is -1.34. The molecular weight excluding hydrogens is 425 g/mol. The largest absolute Gasteiger partial charge is 0.435 e. The van der Waals surface area contributed by atoms with Crippen molar-refractivity contribution in [2.75, 3.05) is 0 Å². The smallest absolute Gasteiger partial charge is 0.267 e. The fraction of sp³-hybridized carbons (Fsp3) is 0.0526. The highest BCUT2D eigenvalue weighted by Gasteiger charge is 2.33. The number of nitrogens with zero attached hydrogens (tertiary/aromatic N) is 5. The highest BCUT2D eigenvalue weighted by Crippen LogP contribution is 2.33. The number of halogens is 5. The van der Waals surface area contributed by atoms with Crippen molar-refractivity contribution in [1.29, 1.82) is 0 Å². The summed E-state index contributed by atoms with van der Waals surface area (Å²) in [6, 6.07) is 13.7. The second kappa shape index (κ2) is 7.82. The quantitative estimate of drug-likeness (QED) is 0.414. The molecule has 0 fully saturated rings. The van der Waals surface area contributed by atoms with Crippen LogP contribution in [0.4, 0.5) is 22.0 Å². The van der Waals surface area contributed by atoms with E-state index in [1.165, 1.54) is 10.6 Å². The van der Waals surface area contributed by atoms with Crippen molar-refractivity contribution in [3.8, 4) is 17.1 Å². The van der Waals surface area contributed by atoms with Crippen LogP contribution in [-0.2, 0) is 6.18 Å². The summed E-state index contributed by atoms with van der Waals surface area (Å²) in [6.07, 6.45) is -4.62. The van der Waals surface area contributed by atoms with Crippen LogP contribution in [-0.4, -0.2) is 25.0 Å². The van der Waals surface area contributed by atoms with E-state index in [1.807, 2.05) is 0 Å². The lowest BCUT2D eigenvalue weighted by molar-refractivity contribution is -0.141. The molecule has 0 aliphatic rings. The molecule has 2 heterocycles. The first-order valence-electron chi connectivity index (χ1n) is 8.38. The molecule has 4 aromatic rings. The first-order valence-corrected chi connectivity index (χ1v) is 9.19. The third-order valence-corrected chi connectivity index (χ3v) is 4.82. The number of benzene rings is 2. The highest BCUT2D eigenvalue weighted by atomic mass is 32.2. The molecule has 0 bridgehead atoms. The Morgan fingerprint density at radius 2 is 1.57 bits per heavy atom. The lowest BCUT2D eigenvalue weighted by Gasteiger charge is -2.11. The molecule has 2 aromatic heterocycles. The van der Waals surface area contributed by atoms with Crippen LogP contribution in [0.1, 0.15) is 5.69 Å². The average molecular weight is 435 g/mol. The molecule has 0 spiro atoms. The van der Waals surface area contributed by atoms with Crippen LogP contribution in [0.25, 0.3) is 17.1 Å². The van der Waals surface area contributed by atoms with E-state index in [0.717, 1.165) is 36.0 Å². The number of rotatable bonds is 4. The summed E-state index contributed by atoms with van der Waals surface area (Å²) in [7, 11) is 0. The third kappa shape index (κ3) is 4.01. The van der Waals surface area contributed by atoms with Crippen molar-refractivity contribution in [3.05, 3.63) is 78.0 Å². The van der Waals surface area contributed by atoms with Crippen LogP contribution in [0.3, 0.4) is 0 Å². The molecule has 0 saturated heterocycles. The summed E-state index contributed by atoms with van der Waals surface area (Å²) in [5.41, 5.74) is -0.551. The van der Waals surface area contributed by atoms with Gasteiger partial charge in [0.05, 0.1) is 5.69 Å². The van der Waals surface area contributed by atoms with E-state index >= 15 is 0 Å². The number of alkyl halides is 3. The van der Waals surface area contributed by atoms with Crippen LogP contribution >= 0.6 is 11.8 Å². The van der Waals surface area contributed by atoms with Gasteiger partial charge in [-0.1, -0.05) is 30.3 Å². The van der Waals surface area contributed by atoms with Crippen LogP contribution in [0.15, 0.2) is 70.8 Å². The Morgan fingerprint density at radius 1 is 0.800 bits per heavy atom. The Hall–Kier alpha value is -3.34. The maximum atomic E-state index is 14.5. The standard InChI is InChI=1S/C19H10F5N5S/c20-12-6-7-14(13(21)10-12)29-17(11-4-2-1-3-5-11)27-28-18(29)30-16-9-8-15(25-26-16)19(22,23)24/h1-10H. The molecule has 2 aromatic carbocycles. The molecule has 0 amide bonds.